The van der Waals surface area contributed by atoms with Crippen LogP contribution in [0.25, 0.3) is 11.4 Å². The highest BCUT2D eigenvalue weighted by Crippen LogP contribution is 2.85. The Kier molecular flexibility index (Phi) is 3.32. The second-order valence-corrected chi connectivity index (χ2v) is 9.41. The highest BCUT2D eigenvalue weighted by atomic mass is 16.7. The monoisotopic (exact) mass is 376 g/mol. The molecule has 2 saturated carbocycles. The minimum atomic E-state index is -0.353. The second kappa shape index (κ2) is 5.43. The lowest BCUT2D eigenvalue weighted by molar-refractivity contribution is -0.245. The van der Waals surface area contributed by atoms with Gasteiger partial charge >= 0.3 is 0 Å². The zero-order chi connectivity index (χ0) is 19.0. The summed E-state index contributed by atoms with van der Waals surface area (Å²) in [7, 11) is 0. The summed E-state index contributed by atoms with van der Waals surface area (Å²) in [4.78, 5) is 9.91. The Labute approximate surface area is 166 Å². The van der Waals surface area contributed by atoms with Crippen molar-refractivity contribution < 1.29 is 9.47 Å². The molecule has 1 aliphatic heterocycles. The van der Waals surface area contributed by atoms with E-state index in [4.69, 9.17) is 19.4 Å². The Morgan fingerprint density at radius 2 is 1.82 bits per heavy atom. The van der Waals surface area contributed by atoms with Gasteiger partial charge in [0.15, 0.2) is 11.6 Å². The van der Waals surface area contributed by atoms with Gasteiger partial charge in [0, 0.05) is 29.0 Å². The Bertz CT molecular complexity index is 939. The lowest BCUT2D eigenvalue weighted by Crippen LogP contribution is -2.56. The molecule has 2 spiro atoms. The quantitative estimate of drug-likeness (QED) is 0.764. The molecule has 3 aliphatic carbocycles. The van der Waals surface area contributed by atoms with Crippen molar-refractivity contribution in [1.29, 1.82) is 0 Å². The highest BCUT2D eigenvalue weighted by Gasteiger charge is 2.84. The fraction of sp³-hybridized carbons (Fsp3) is 0.583. The maximum atomic E-state index is 6.34. The van der Waals surface area contributed by atoms with E-state index in [0.717, 1.165) is 50.3 Å². The first-order valence-corrected chi connectivity index (χ1v) is 10.8. The van der Waals surface area contributed by atoms with Crippen LogP contribution in [0.4, 0.5) is 0 Å². The normalized spacial score (nSPS) is 37.2. The molecule has 4 heteroatoms. The Morgan fingerprint density at radius 1 is 1.04 bits per heavy atom. The predicted octanol–water partition coefficient (Wildman–Crippen LogP) is 4.67. The Balaban J connectivity index is 1.49. The summed E-state index contributed by atoms with van der Waals surface area (Å²) in [6.07, 6.45) is 8.73. The third-order valence-corrected chi connectivity index (χ3v) is 8.73. The number of benzene rings is 1. The maximum Gasteiger partial charge on any atom is 0.174 e. The summed E-state index contributed by atoms with van der Waals surface area (Å²) < 4.78 is 12.7. The van der Waals surface area contributed by atoms with Crippen LogP contribution in [0.3, 0.4) is 0 Å². The number of rotatable bonds is 2. The van der Waals surface area contributed by atoms with E-state index < -0.39 is 0 Å². The molecular formula is C24H28N2O2. The fourth-order valence-corrected chi connectivity index (χ4v) is 7.29. The van der Waals surface area contributed by atoms with Crippen LogP contribution in [0, 0.1) is 10.8 Å². The van der Waals surface area contributed by atoms with Crippen molar-refractivity contribution in [3.8, 4) is 11.4 Å². The smallest absolute Gasteiger partial charge is 0.174 e. The van der Waals surface area contributed by atoms with Crippen LogP contribution in [0.2, 0.25) is 0 Å². The molecule has 1 saturated heterocycles. The minimum Gasteiger partial charge on any atom is -0.347 e. The maximum absolute atomic E-state index is 6.34. The summed E-state index contributed by atoms with van der Waals surface area (Å²) in [5.74, 6) is 0.502. The van der Waals surface area contributed by atoms with E-state index in [1.54, 1.807) is 0 Å². The molecule has 28 heavy (non-hydrogen) atoms. The zero-order valence-electron chi connectivity index (χ0n) is 16.8. The first-order valence-electron chi connectivity index (χ1n) is 10.8. The van der Waals surface area contributed by atoms with Crippen molar-refractivity contribution in [2.75, 3.05) is 13.2 Å². The van der Waals surface area contributed by atoms with Gasteiger partial charge in [0.1, 0.15) is 0 Å². The molecule has 0 amide bonds. The molecule has 146 valence electrons. The lowest BCUT2D eigenvalue weighted by atomic mass is 9.53. The fourth-order valence-electron chi connectivity index (χ4n) is 7.29. The standard InChI is InChI=1S/C24H28N2O2/c1-3-22-16-23(22)10-9-18-15-25-20(17-7-5-4-6-8-17)26-19(18)21(23,2)11-12-24(22)27-13-14-28-24/h4-8,15H,3,9-14,16H2,1-2H3/t21-,22?,23+/m1/s1. The van der Waals surface area contributed by atoms with Crippen molar-refractivity contribution in [2.24, 2.45) is 10.8 Å². The second-order valence-electron chi connectivity index (χ2n) is 9.41. The zero-order valence-corrected chi connectivity index (χ0v) is 16.8. The molecule has 2 aromatic rings. The number of fused-ring (bicyclic) bond motifs is 3. The highest BCUT2D eigenvalue weighted by molar-refractivity contribution is 5.56. The van der Waals surface area contributed by atoms with E-state index >= 15 is 0 Å². The molecule has 0 radical (unpaired) electrons. The third kappa shape index (κ3) is 1.80. The molecular weight excluding hydrogens is 348 g/mol. The van der Waals surface area contributed by atoms with E-state index in [2.05, 4.69) is 44.3 Å². The van der Waals surface area contributed by atoms with Crippen LogP contribution in [-0.4, -0.2) is 29.0 Å². The van der Waals surface area contributed by atoms with Gasteiger partial charge in [-0.2, -0.15) is 0 Å². The molecule has 3 atom stereocenters. The molecule has 1 aromatic heterocycles. The van der Waals surface area contributed by atoms with E-state index in [1.165, 1.54) is 24.1 Å². The van der Waals surface area contributed by atoms with Gasteiger partial charge in [0.05, 0.1) is 18.9 Å². The molecule has 2 heterocycles. The molecule has 1 aromatic carbocycles. The number of hydrogen-bond donors (Lipinski definition) is 0. The molecule has 4 aliphatic rings. The summed E-state index contributed by atoms with van der Waals surface area (Å²) in [6, 6.07) is 10.4. The van der Waals surface area contributed by atoms with Crippen molar-refractivity contribution in [1.82, 2.24) is 9.97 Å². The van der Waals surface area contributed by atoms with Gasteiger partial charge in [-0.1, -0.05) is 44.2 Å². The largest absolute Gasteiger partial charge is 0.347 e. The number of hydrogen-bond acceptors (Lipinski definition) is 4. The third-order valence-electron chi connectivity index (χ3n) is 8.73. The molecule has 3 fully saturated rings. The van der Waals surface area contributed by atoms with Crippen LogP contribution in [0.5, 0.6) is 0 Å². The van der Waals surface area contributed by atoms with E-state index in [-0.39, 0.29) is 22.0 Å². The average molecular weight is 377 g/mol. The summed E-state index contributed by atoms with van der Waals surface area (Å²) >= 11 is 0. The first kappa shape index (κ1) is 17.1. The van der Waals surface area contributed by atoms with Crippen LogP contribution in [0.15, 0.2) is 36.5 Å². The van der Waals surface area contributed by atoms with E-state index in [0.29, 0.717) is 0 Å². The molecule has 1 unspecified atom stereocenters. The van der Waals surface area contributed by atoms with Crippen molar-refractivity contribution in [3.05, 3.63) is 47.8 Å². The van der Waals surface area contributed by atoms with Gasteiger partial charge in [0.25, 0.3) is 0 Å². The average Bonchev–Trinajstić information content (AvgIpc) is 3.22. The number of aromatic nitrogens is 2. The first-order chi connectivity index (χ1) is 13.6. The predicted molar refractivity (Wildman–Crippen MR) is 107 cm³/mol. The number of nitrogens with zero attached hydrogens (tertiary/aromatic N) is 2. The van der Waals surface area contributed by atoms with Gasteiger partial charge in [-0.3, -0.25) is 0 Å². The lowest BCUT2D eigenvalue weighted by Gasteiger charge is -2.54. The van der Waals surface area contributed by atoms with Crippen molar-refractivity contribution >= 4 is 0 Å². The number of aryl methyl sites for hydroxylation is 1. The van der Waals surface area contributed by atoms with Gasteiger partial charge in [-0.15, -0.1) is 0 Å². The molecule has 4 nitrogen and oxygen atoms in total. The molecule has 6 rings (SSSR count). The van der Waals surface area contributed by atoms with Crippen molar-refractivity contribution in [2.45, 2.75) is 63.6 Å². The Hall–Kier alpha value is -1.78. The molecule has 0 bridgehead atoms. The Morgan fingerprint density at radius 3 is 2.57 bits per heavy atom. The van der Waals surface area contributed by atoms with E-state index in [9.17, 15) is 0 Å². The van der Waals surface area contributed by atoms with Gasteiger partial charge in [-0.25, -0.2) is 9.97 Å². The van der Waals surface area contributed by atoms with E-state index in [1.807, 2.05) is 6.07 Å². The topological polar surface area (TPSA) is 44.2 Å². The minimum absolute atomic E-state index is 0.0730. The van der Waals surface area contributed by atoms with Crippen LogP contribution >= 0.6 is 0 Å². The summed E-state index contributed by atoms with van der Waals surface area (Å²) in [5, 5.41) is 0. The van der Waals surface area contributed by atoms with Gasteiger partial charge in [0.2, 0.25) is 0 Å². The number of ether oxygens (including phenoxy) is 2. The molecule has 0 N–H and O–H groups in total. The SMILES string of the molecule is CCC12C[C@]13CCc1cnc(-c4ccccc4)nc1[C@@]3(C)CCC21OCCO1. The van der Waals surface area contributed by atoms with Crippen LogP contribution in [0.1, 0.15) is 57.2 Å². The van der Waals surface area contributed by atoms with Crippen molar-refractivity contribution in [3.63, 3.8) is 0 Å². The van der Waals surface area contributed by atoms with Crippen LogP contribution < -0.4 is 0 Å². The van der Waals surface area contributed by atoms with Gasteiger partial charge in [-0.05, 0) is 43.1 Å². The summed E-state index contributed by atoms with van der Waals surface area (Å²) in [5.41, 5.74) is 4.18. The summed E-state index contributed by atoms with van der Waals surface area (Å²) in [6.45, 7) is 6.28. The van der Waals surface area contributed by atoms with Gasteiger partial charge < -0.3 is 9.47 Å². The van der Waals surface area contributed by atoms with Crippen LogP contribution in [-0.2, 0) is 21.3 Å².